The molecule has 19 heavy (non-hydrogen) atoms. The molecule has 0 spiro atoms. The lowest BCUT2D eigenvalue weighted by atomic mass is 9.61. The number of hydrogen-bond acceptors (Lipinski definition) is 0. The normalized spacial score (nSPS) is 12.7. The van der Waals surface area contributed by atoms with E-state index in [0.717, 1.165) is 0 Å². The van der Waals surface area contributed by atoms with E-state index in [-0.39, 0.29) is 5.41 Å². The Labute approximate surface area is 121 Å². The van der Waals surface area contributed by atoms with Crippen molar-refractivity contribution in [3.63, 3.8) is 0 Å². The van der Waals surface area contributed by atoms with Gasteiger partial charge in [-0.1, -0.05) is 92.6 Å². The monoisotopic (exact) mass is 262 g/mol. The maximum absolute atomic E-state index is 2.39. The van der Waals surface area contributed by atoms with Crippen LogP contribution in [0.25, 0.3) is 0 Å². The molecule has 1 aromatic rings. The summed E-state index contributed by atoms with van der Waals surface area (Å²) in [6.07, 6.45) is 1.20. The largest absolute Gasteiger partial charge is 0.0683 e. The van der Waals surface area contributed by atoms with Gasteiger partial charge in [0.25, 0.3) is 0 Å². The molecule has 0 N–H and O–H groups in total. The number of hydrogen-bond donors (Lipinski definition) is 0. The Kier molecular flexibility index (Phi) is 6.32. The molecule has 0 aliphatic heterocycles. The molecule has 0 aliphatic rings. The maximum Gasteiger partial charge on any atom is -0.00983 e. The molecule has 0 nitrogen and oxygen atoms in total. The lowest BCUT2D eigenvalue weighted by Crippen LogP contribution is -2.36. The van der Waals surface area contributed by atoms with Crippen molar-refractivity contribution >= 4 is 0 Å². The number of benzene rings is 1. The molecule has 110 valence electrons. The quantitative estimate of drug-likeness (QED) is 0.587. The Bertz CT molecular complexity index is 349. The summed E-state index contributed by atoms with van der Waals surface area (Å²) in [7, 11) is 0. The molecule has 0 radical (unpaired) electrons. The zero-order chi connectivity index (χ0) is 15.3. The average molecular weight is 262 g/mol. The minimum Gasteiger partial charge on any atom is -0.0683 e. The molecule has 0 unspecified atom stereocenters. The third-order valence-electron chi connectivity index (χ3n) is 4.47. The Hall–Kier alpha value is -0.780. The lowest BCUT2D eigenvalue weighted by Gasteiger charge is -2.44. The first kappa shape index (κ1) is 18.2. The van der Waals surface area contributed by atoms with Crippen LogP contribution in [0, 0.1) is 10.8 Å². The molecular weight excluding hydrogens is 228 g/mol. The van der Waals surface area contributed by atoms with E-state index in [4.69, 9.17) is 0 Å². The molecule has 0 saturated heterocycles. The third kappa shape index (κ3) is 5.01. The molecular formula is C19H34. The highest BCUT2D eigenvalue weighted by Crippen LogP contribution is 2.46. The molecule has 0 bridgehead atoms. The second-order valence-electron chi connectivity index (χ2n) is 7.56. The fourth-order valence-electron chi connectivity index (χ4n) is 2.36. The van der Waals surface area contributed by atoms with E-state index in [1.165, 1.54) is 12.0 Å². The van der Waals surface area contributed by atoms with Gasteiger partial charge in [-0.05, 0) is 28.2 Å². The Balaban J connectivity index is 0.00000154. The topological polar surface area (TPSA) is 0 Å². The van der Waals surface area contributed by atoms with Gasteiger partial charge in [-0.15, -0.1) is 0 Å². The highest BCUT2D eigenvalue weighted by molar-refractivity contribution is 5.24. The molecule has 0 heterocycles. The van der Waals surface area contributed by atoms with E-state index < -0.39 is 0 Å². The van der Waals surface area contributed by atoms with Crippen LogP contribution in [-0.2, 0) is 5.41 Å². The van der Waals surface area contributed by atoms with Crippen molar-refractivity contribution in [1.82, 2.24) is 0 Å². The van der Waals surface area contributed by atoms with E-state index in [0.29, 0.717) is 10.8 Å². The Morgan fingerprint density at radius 2 is 1.16 bits per heavy atom. The van der Waals surface area contributed by atoms with Gasteiger partial charge in [-0.2, -0.15) is 0 Å². The zero-order valence-electron chi connectivity index (χ0n) is 14.6. The molecule has 0 saturated carbocycles. The predicted octanol–water partition coefficient (Wildman–Crippen LogP) is 6.45. The van der Waals surface area contributed by atoms with E-state index in [1.54, 1.807) is 0 Å². The second kappa shape index (κ2) is 6.59. The van der Waals surface area contributed by atoms with E-state index >= 15 is 0 Å². The molecule has 0 amide bonds. The van der Waals surface area contributed by atoms with Crippen LogP contribution < -0.4 is 0 Å². The first-order chi connectivity index (χ1) is 8.56. The van der Waals surface area contributed by atoms with Crippen molar-refractivity contribution < 1.29 is 0 Å². The van der Waals surface area contributed by atoms with Crippen LogP contribution in [0.5, 0.6) is 0 Å². The fourth-order valence-corrected chi connectivity index (χ4v) is 2.36. The molecule has 0 heteroatoms. The van der Waals surface area contributed by atoms with Gasteiger partial charge in [0.15, 0.2) is 0 Å². The van der Waals surface area contributed by atoms with Crippen LogP contribution in [0.3, 0.4) is 0 Å². The molecule has 0 fully saturated rings. The second-order valence-corrected chi connectivity index (χ2v) is 7.56. The molecule has 0 atom stereocenters. The van der Waals surface area contributed by atoms with E-state index in [1.807, 2.05) is 13.8 Å². The summed E-state index contributed by atoms with van der Waals surface area (Å²) < 4.78 is 0. The van der Waals surface area contributed by atoms with Crippen LogP contribution in [0.15, 0.2) is 30.3 Å². The minimum atomic E-state index is 0.234. The summed E-state index contributed by atoms with van der Waals surface area (Å²) in [6, 6.07) is 10.9. The Morgan fingerprint density at radius 1 is 0.737 bits per heavy atom. The SMILES string of the molecule is CC.CC(C)(CC(C)(C)C(C)(C)C)c1ccccc1. The van der Waals surface area contributed by atoms with E-state index in [9.17, 15) is 0 Å². The highest BCUT2D eigenvalue weighted by Gasteiger charge is 2.38. The molecule has 1 rings (SSSR count). The van der Waals surface area contributed by atoms with Gasteiger partial charge in [-0.25, -0.2) is 0 Å². The van der Waals surface area contributed by atoms with Crippen LogP contribution in [0.2, 0.25) is 0 Å². The van der Waals surface area contributed by atoms with Gasteiger partial charge in [0, 0.05) is 0 Å². The van der Waals surface area contributed by atoms with Crippen molar-refractivity contribution in [3.05, 3.63) is 35.9 Å². The van der Waals surface area contributed by atoms with Crippen molar-refractivity contribution in [3.8, 4) is 0 Å². The summed E-state index contributed by atoms with van der Waals surface area (Å²) in [4.78, 5) is 0. The molecule has 0 aliphatic carbocycles. The molecule has 0 aromatic heterocycles. The summed E-state index contributed by atoms with van der Waals surface area (Å²) >= 11 is 0. The van der Waals surface area contributed by atoms with Gasteiger partial charge in [0.05, 0.1) is 0 Å². The van der Waals surface area contributed by atoms with Gasteiger partial charge >= 0.3 is 0 Å². The van der Waals surface area contributed by atoms with Crippen LogP contribution in [0.4, 0.5) is 0 Å². The third-order valence-corrected chi connectivity index (χ3v) is 4.47. The standard InChI is InChI=1S/C17H28.C2H6/c1-15(2,3)17(6,7)13-16(4,5)14-11-9-8-10-12-14;1-2/h8-12H,13H2,1-7H3;1-2H3. The van der Waals surface area contributed by atoms with Gasteiger partial charge in [-0.3, -0.25) is 0 Å². The molecule has 1 aromatic carbocycles. The average Bonchev–Trinajstić information content (AvgIpc) is 2.30. The summed E-state index contributed by atoms with van der Waals surface area (Å²) in [5.74, 6) is 0. The van der Waals surface area contributed by atoms with Crippen molar-refractivity contribution in [1.29, 1.82) is 0 Å². The zero-order valence-corrected chi connectivity index (χ0v) is 14.6. The lowest BCUT2D eigenvalue weighted by molar-refractivity contribution is 0.0917. The van der Waals surface area contributed by atoms with Gasteiger partial charge in [0.1, 0.15) is 0 Å². The van der Waals surface area contributed by atoms with Gasteiger partial charge in [0.2, 0.25) is 0 Å². The predicted molar refractivity (Wildman–Crippen MR) is 88.7 cm³/mol. The maximum atomic E-state index is 2.39. The van der Waals surface area contributed by atoms with Crippen molar-refractivity contribution in [2.45, 2.75) is 74.1 Å². The smallest absolute Gasteiger partial charge is 0.00983 e. The first-order valence-corrected chi connectivity index (χ1v) is 7.62. The summed E-state index contributed by atoms with van der Waals surface area (Å²) in [6.45, 7) is 20.5. The Morgan fingerprint density at radius 3 is 1.53 bits per heavy atom. The van der Waals surface area contributed by atoms with Crippen molar-refractivity contribution in [2.75, 3.05) is 0 Å². The van der Waals surface area contributed by atoms with Crippen molar-refractivity contribution in [2.24, 2.45) is 10.8 Å². The van der Waals surface area contributed by atoms with Crippen LogP contribution in [0.1, 0.15) is 74.3 Å². The summed E-state index contributed by atoms with van der Waals surface area (Å²) in [5.41, 5.74) is 2.33. The highest BCUT2D eigenvalue weighted by atomic mass is 14.4. The van der Waals surface area contributed by atoms with E-state index in [2.05, 4.69) is 78.8 Å². The minimum absolute atomic E-state index is 0.234. The summed E-state index contributed by atoms with van der Waals surface area (Å²) in [5, 5.41) is 0. The van der Waals surface area contributed by atoms with Crippen LogP contribution in [-0.4, -0.2) is 0 Å². The number of rotatable bonds is 3. The van der Waals surface area contributed by atoms with Gasteiger partial charge < -0.3 is 0 Å². The fraction of sp³-hybridized carbons (Fsp3) is 0.684. The first-order valence-electron chi connectivity index (χ1n) is 7.62. The van der Waals surface area contributed by atoms with Crippen LogP contribution >= 0.6 is 0 Å².